The summed E-state index contributed by atoms with van der Waals surface area (Å²) in [6, 6.07) is 21.1. The van der Waals surface area contributed by atoms with Crippen LogP contribution in [0, 0.1) is 6.92 Å². The fourth-order valence-corrected chi connectivity index (χ4v) is 4.10. The molecule has 0 radical (unpaired) electrons. The molecule has 0 aliphatic carbocycles. The fourth-order valence-electron chi connectivity index (χ4n) is 3.09. The van der Waals surface area contributed by atoms with E-state index in [-0.39, 0.29) is 18.3 Å². The highest BCUT2D eigenvalue weighted by Gasteiger charge is 2.09. The van der Waals surface area contributed by atoms with Crippen LogP contribution >= 0.6 is 23.7 Å². The summed E-state index contributed by atoms with van der Waals surface area (Å²) in [6.07, 6.45) is 0. The summed E-state index contributed by atoms with van der Waals surface area (Å²) in [6.45, 7) is 2.80. The number of hydrogen-bond donors (Lipinski definition) is 2. The SMILES string of the molecule is Cc1cc(CN)cc(Oc2cccc(C(=O)NCc3cc4ccccc4s3)c2)n1.Cl. The van der Waals surface area contributed by atoms with E-state index in [0.29, 0.717) is 30.3 Å². The lowest BCUT2D eigenvalue weighted by molar-refractivity contribution is 0.0951. The molecule has 0 bridgehead atoms. The van der Waals surface area contributed by atoms with Gasteiger partial charge >= 0.3 is 0 Å². The van der Waals surface area contributed by atoms with E-state index in [2.05, 4.69) is 28.5 Å². The Morgan fingerprint density at radius 2 is 1.93 bits per heavy atom. The molecule has 0 fully saturated rings. The number of amides is 1. The van der Waals surface area contributed by atoms with Crippen LogP contribution in [0.2, 0.25) is 0 Å². The van der Waals surface area contributed by atoms with E-state index in [9.17, 15) is 4.79 Å². The lowest BCUT2D eigenvalue weighted by atomic mass is 10.2. The second kappa shape index (κ2) is 9.71. The Morgan fingerprint density at radius 1 is 1.10 bits per heavy atom. The van der Waals surface area contributed by atoms with Crippen molar-refractivity contribution in [2.45, 2.75) is 20.0 Å². The molecule has 1 amide bonds. The molecule has 154 valence electrons. The van der Waals surface area contributed by atoms with Crippen molar-refractivity contribution in [3.8, 4) is 11.6 Å². The monoisotopic (exact) mass is 439 g/mol. The van der Waals surface area contributed by atoms with Gasteiger partial charge in [0.2, 0.25) is 5.88 Å². The molecule has 2 heterocycles. The van der Waals surface area contributed by atoms with Gasteiger partial charge in [0.15, 0.2) is 0 Å². The predicted octanol–water partition coefficient (Wildman–Crippen LogP) is 5.21. The number of carbonyl (C=O) groups excluding carboxylic acids is 1. The molecule has 2 aromatic carbocycles. The van der Waals surface area contributed by atoms with Gasteiger partial charge in [0, 0.05) is 33.4 Å². The van der Waals surface area contributed by atoms with Gasteiger partial charge in [-0.1, -0.05) is 24.3 Å². The number of aryl methyl sites for hydroxylation is 1. The van der Waals surface area contributed by atoms with E-state index in [1.165, 1.54) is 10.1 Å². The Balaban J connectivity index is 0.00000256. The lowest BCUT2D eigenvalue weighted by Gasteiger charge is -2.09. The van der Waals surface area contributed by atoms with Crippen LogP contribution in [0.3, 0.4) is 0 Å². The Morgan fingerprint density at radius 3 is 2.73 bits per heavy atom. The van der Waals surface area contributed by atoms with Crippen molar-refractivity contribution in [3.05, 3.63) is 88.4 Å². The van der Waals surface area contributed by atoms with Crippen LogP contribution < -0.4 is 15.8 Å². The summed E-state index contributed by atoms with van der Waals surface area (Å²) >= 11 is 1.69. The molecule has 0 atom stereocenters. The summed E-state index contributed by atoms with van der Waals surface area (Å²) in [5.74, 6) is 0.877. The maximum absolute atomic E-state index is 12.6. The van der Waals surface area contributed by atoms with Crippen LogP contribution in [-0.2, 0) is 13.1 Å². The number of thiophene rings is 1. The molecule has 0 unspecified atom stereocenters. The number of nitrogens with two attached hydrogens (primary N) is 1. The van der Waals surface area contributed by atoms with Crippen LogP contribution in [0.4, 0.5) is 0 Å². The summed E-state index contributed by atoms with van der Waals surface area (Å²) in [5.41, 5.74) is 8.03. The number of halogens is 1. The first-order valence-corrected chi connectivity index (χ1v) is 10.1. The molecule has 4 rings (SSSR count). The highest BCUT2D eigenvalue weighted by Crippen LogP contribution is 2.25. The largest absolute Gasteiger partial charge is 0.439 e. The van der Waals surface area contributed by atoms with E-state index in [4.69, 9.17) is 10.5 Å². The van der Waals surface area contributed by atoms with Gasteiger partial charge in [-0.2, -0.15) is 0 Å². The van der Waals surface area contributed by atoms with E-state index in [0.717, 1.165) is 16.1 Å². The van der Waals surface area contributed by atoms with Crippen molar-refractivity contribution >= 4 is 39.7 Å². The highest BCUT2D eigenvalue weighted by atomic mass is 35.5. The number of hydrogen-bond acceptors (Lipinski definition) is 5. The van der Waals surface area contributed by atoms with Gasteiger partial charge in [-0.25, -0.2) is 4.98 Å². The Labute approximate surface area is 185 Å². The first kappa shape index (κ1) is 21.8. The highest BCUT2D eigenvalue weighted by molar-refractivity contribution is 7.19. The number of pyridine rings is 1. The summed E-state index contributed by atoms with van der Waals surface area (Å²) in [4.78, 5) is 18.1. The maximum atomic E-state index is 12.6. The molecular weight excluding hydrogens is 418 g/mol. The number of fused-ring (bicyclic) bond motifs is 1. The van der Waals surface area contributed by atoms with Crippen molar-refractivity contribution in [1.29, 1.82) is 0 Å². The Kier molecular flexibility index (Phi) is 7.05. The minimum atomic E-state index is -0.146. The third kappa shape index (κ3) is 5.16. The molecular formula is C23H22ClN3O2S. The van der Waals surface area contributed by atoms with Crippen LogP contribution in [0.25, 0.3) is 10.1 Å². The average Bonchev–Trinajstić information content (AvgIpc) is 3.14. The quantitative estimate of drug-likeness (QED) is 0.432. The first-order valence-electron chi connectivity index (χ1n) is 9.32. The van der Waals surface area contributed by atoms with E-state index in [1.807, 2.05) is 25.1 Å². The summed E-state index contributed by atoms with van der Waals surface area (Å²) in [7, 11) is 0. The minimum Gasteiger partial charge on any atom is -0.439 e. The summed E-state index contributed by atoms with van der Waals surface area (Å²) < 4.78 is 7.07. The van der Waals surface area contributed by atoms with Crippen LogP contribution in [0.15, 0.2) is 66.7 Å². The Bertz CT molecular complexity index is 1140. The van der Waals surface area contributed by atoms with Crippen molar-refractivity contribution in [1.82, 2.24) is 10.3 Å². The third-order valence-electron chi connectivity index (χ3n) is 4.44. The normalized spacial score (nSPS) is 10.5. The lowest BCUT2D eigenvalue weighted by Crippen LogP contribution is -2.22. The van der Waals surface area contributed by atoms with Gasteiger partial charge in [0.25, 0.3) is 5.91 Å². The number of carbonyl (C=O) groups is 1. The number of benzene rings is 2. The molecule has 0 aliphatic heterocycles. The van der Waals surface area contributed by atoms with Gasteiger partial charge in [0.1, 0.15) is 5.75 Å². The molecule has 0 spiro atoms. The zero-order valence-corrected chi connectivity index (χ0v) is 18.1. The molecule has 2 aromatic heterocycles. The number of ether oxygens (including phenoxy) is 1. The second-order valence-corrected chi connectivity index (χ2v) is 7.89. The number of rotatable bonds is 6. The van der Waals surface area contributed by atoms with Gasteiger partial charge in [-0.15, -0.1) is 23.7 Å². The predicted molar refractivity (Wildman–Crippen MR) is 124 cm³/mol. The molecule has 0 saturated carbocycles. The van der Waals surface area contributed by atoms with Crippen molar-refractivity contribution < 1.29 is 9.53 Å². The van der Waals surface area contributed by atoms with Crippen LogP contribution in [0.5, 0.6) is 11.6 Å². The molecule has 7 heteroatoms. The standard InChI is InChI=1S/C23H21N3O2S.ClH/c1-15-9-16(13-24)10-22(26-15)28-19-7-4-6-18(11-19)23(27)25-14-20-12-17-5-2-3-8-21(17)29-20;/h2-12H,13-14,24H2,1H3,(H,25,27);1H. The summed E-state index contributed by atoms with van der Waals surface area (Å²) in [5, 5.41) is 4.17. The molecule has 3 N–H and O–H groups in total. The zero-order chi connectivity index (χ0) is 20.2. The molecule has 0 aliphatic rings. The zero-order valence-electron chi connectivity index (χ0n) is 16.4. The molecule has 0 saturated heterocycles. The van der Waals surface area contributed by atoms with Crippen LogP contribution in [0.1, 0.15) is 26.5 Å². The van der Waals surface area contributed by atoms with Gasteiger partial charge < -0.3 is 15.8 Å². The molecule has 30 heavy (non-hydrogen) atoms. The minimum absolute atomic E-state index is 0. The first-order chi connectivity index (χ1) is 14.1. The average molecular weight is 440 g/mol. The van der Waals surface area contributed by atoms with E-state index < -0.39 is 0 Å². The Hall–Kier alpha value is -2.93. The van der Waals surface area contributed by atoms with Crippen molar-refractivity contribution in [2.75, 3.05) is 0 Å². The molecule has 4 aromatic rings. The second-order valence-electron chi connectivity index (χ2n) is 6.72. The fraction of sp³-hybridized carbons (Fsp3) is 0.130. The maximum Gasteiger partial charge on any atom is 0.251 e. The molecule has 5 nitrogen and oxygen atoms in total. The van der Waals surface area contributed by atoms with Crippen molar-refractivity contribution in [2.24, 2.45) is 5.73 Å². The van der Waals surface area contributed by atoms with Gasteiger partial charge in [-0.05, 0) is 54.3 Å². The smallest absolute Gasteiger partial charge is 0.251 e. The van der Waals surface area contributed by atoms with E-state index >= 15 is 0 Å². The van der Waals surface area contributed by atoms with Gasteiger partial charge in [0.05, 0.1) is 6.54 Å². The number of nitrogens with one attached hydrogen (secondary N) is 1. The number of aromatic nitrogens is 1. The van der Waals surface area contributed by atoms with E-state index in [1.54, 1.807) is 41.7 Å². The number of nitrogens with zero attached hydrogens (tertiary/aromatic N) is 1. The van der Waals surface area contributed by atoms with Crippen LogP contribution in [-0.4, -0.2) is 10.9 Å². The van der Waals surface area contributed by atoms with Crippen molar-refractivity contribution in [3.63, 3.8) is 0 Å². The van der Waals surface area contributed by atoms with Gasteiger partial charge in [-0.3, -0.25) is 4.79 Å². The third-order valence-corrected chi connectivity index (χ3v) is 5.56. The topological polar surface area (TPSA) is 77.2 Å².